The van der Waals surface area contributed by atoms with Crippen molar-refractivity contribution in [1.29, 1.82) is 5.26 Å². The van der Waals surface area contributed by atoms with Crippen LogP contribution < -0.4 is 4.90 Å². The van der Waals surface area contributed by atoms with Crippen LogP contribution in [-0.2, 0) is 0 Å². The van der Waals surface area contributed by atoms with Crippen molar-refractivity contribution < 1.29 is 9.90 Å². The van der Waals surface area contributed by atoms with E-state index in [4.69, 9.17) is 5.11 Å². The highest BCUT2D eigenvalue weighted by Crippen LogP contribution is 2.28. The highest BCUT2D eigenvalue weighted by Gasteiger charge is 2.20. The zero-order valence-electron chi connectivity index (χ0n) is 11.8. The van der Waals surface area contributed by atoms with Gasteiger partial charge in [-0.1, -0.05) is 25.7 Å². The van der Waals surface area contributed by atoms with Gasteiger partial charge in [0.15, 0.2) is 0 Å². The minimum absolute atomic E-state index is 0.166. The molecule has 1 aliphatic rings. The molecule has 4 nitrogen and oxygen atoms in total. The second-order valence-corrected chi connectivity index (χ2v) is 5.41. The van der Waals surface area contributed by atoms with Crippen molar-refractivity contribution in [3.8, 4) is 6.07 Å². The molecule has 106 valence electrons. The number of anilines is 1. The molecule has 1 N–H and O–H groups in total. The number of nitrogens with zero attached hydrogens (tertiary/aromatic N) is 2. The Morgan fingerprint density at radius 3 is 2.50 bits per heavy atom. The van der Waals surface area contributed by atoms with E-state index in [1.165, 1.54) is 31.7 Å². The maximum Gasteiger partial charge on any atom is 0.335 e. The lowest BCUT2D eigenvalue weighted by molar-refractivity contribution is 0.0697. The highest BCUT2D eigenvalue weighted by molar-refractivity contribution is 5.89. The Bertz CT molecular complexity index is 526. The maximum atomic E-state index is 11.0. The Hall–Kier alpha value is -2.02. The van der Waals surface area contributed by atoms with E-state index in [9.17, 15) is 10.1 Å². The molecule has 0 aliphatic heterocycles. The van der Waals surface area contributed by atoms with Crippen LogP contribution in [0, 0.1) is 11.3 Å². The Morgan fingerprint density at radius 1 is 1.30 bits per heavy atom. The molecule has 0 bridgehead atoms. The summed E-state index contributed by atoms with van der Waals surface area (Å²) in [5.41, 5.74) is 1.45. The van der Waals surface area contributed by atoms with E-state index in [2.05, 4.69) is 11.0 Å². The number of carboxylic acid groups (broad SMARTS) is 1. The van der Waals surface area contributed by atoms with E-state index in [1.807, 2.05) is 7.05 Å². The number of hydrogen-bond acceptors (Lipinski definition) is 3. The van der Waals surface area contributed by atoms with Gasteiger partial charge in [0, 0.05) is 13.1 Å². The van der Waals surface area contributed by atoms with Crippen LogP contribution in [0.25, 0.3) is 0 Å². The van der Waals surface area contributed by atoms with Gasteiger partial charge < -0.3 is 10.0 Å². The predicted molar refractivity (Wildman–Crippen MR) is 78.0 cm³/mol. The summed E-state index contributed by atoms with van der Waals surface area (Å²) >= 11 is 0. The first-order valence-corrected chi connectivity index (χ1v) is 7.13. The largest absolute Gasteiger partial charge is 0.478 e. The molecular weight excluding hydrogens is 252 g/mol. The topological polar surface area (TPSA) is 64.3 Å². The van der Waals surface area contributed by atoms with Gasteiger partial charge in [-0.05, 0) is 31.0 Å². The summed E-state index contributed by atoms with van der Waals surface area (Å²) in [6.45, 7) is 0. The van der Waals surface area contributed by atoms with Crippen LogP contribution in [0.1, 0.15) is 54.4 Å². The van der Waals surface area contributed by atoms with E-state index in [0.717, 1.165) is 18.5 Å². The van der Waals surface area contributed by atoms with E-state index in [1.54, 1.807) is 12.1 Å². The Labute approximate surface area is 119 Å². The van der Waals surface area contributed by atoms with E-state index in [-0.39, 0.29) is 5.56 Å². The van der Waals surface area contributed by atoms with Crippen LogP contribution >= 0.6 is 0 Å². The quantitative estimate of drug-likeness (QED) is 0.856. The van der Waals surface area contributed by atoms with Gasteiger partial charge in [-0.3, -0.25) is 0 Å². The molecule has 20 heavy (non-hydrogen) atoms. The zero-order chi connectivity index (χ0) is 14.5. The van der Waals surface area contributed by atoms with Crippen molar-refractivity contribution >= 4 is 11.7 Å². The van der Waals surface area contributed by atoms with Crippen molar-refractivity contribution in [2.45, 2.75) is 44.6 Å². The van der Waals surface area contributed by atoms with Gasteiger partial charge in [0.2, 0.25) is 0 Å². The van der Waals surface area contributed by atoms with Crippen LogP contribution in [0.5, 0.6) is 0 Å². The fraction of sp³-hybridized carbons (Fsp3) is 0.500. The fourth-order valence-corrected chi connectivity index (χ4v) is 2.91. The second kappa shape index (κ2) is 6.42. The number of aromatic carboxylic acids is 1. The Morgan fingerprint density at radius 2 is 1.95 bits per heavy atom. The average Bonchev–Trinajstić information content (AvgIpc) is 2.74. The molecule has 0 saturated heterocycles. The lowest BCUT2D eigenvalue weighted by Gasteiger charge is -2.30. The van der Waals surface area contributed by atoms with Crippen molar-refractivity contribution in [3.63, 3.8) is 0 Å². The lowest BCUT2D eigenvalue weighted by atomic mass is 10.0. The van der Waals surface area contributed by atoms with Crippen molar-refractivity contribution in [2.75, 3.05) is 11.9 Å². The number of carboxylic acids is 1. The van der Waals surface area contributed by atoms with Gasteiger partial charge in [0.1, 0.15) is 6.07 Å². The Balaban J connectivity index is 2.26. The molecule has 4 heteroatoms. The number of rotatable bonds is 3. The van der Waals surface area contributed by atoms with Crippen LogP contribution in [0.15, 0.2) is 18.2 Å². The minimum Gasteiger partial charge on any atom is -0.478 e. The predicted octanol–water partition coefficient (Wildman–Crippen LogP) is 3.42. The molecule has 0 amide bonds. The first-order chi connectivity index (χ1) is 9.63. The van der Waals surface area contributed by atoms with Crippen LogP contribution in [0.2, 0.25) is 0 Å². The molecule has 1 aliphatic carbocycles. The van der Waals surface area contributed by atoms with Crippen LogP contribution in [-0.4, -0.2) is 24.2 Å². The summed E-state index contributed by atoms with van der Waals surface area (Å²) in [4.78, 5) is 13.1. The molecule has 1 fully saturated rings. The number of carbonyl (C=O) groups is 1. The smallest absolute Gasteiger partial charge is 0.335 e. The summed E-state index contributed by atoms with van der Waals surface area (Å²) in [5, 5.41) is 18.3. The van der Waals surface area contributed by atoms with Gasteiger partial charge >= 0.3 is 5.97 Å². The second-order valence-electron chi connectivity index (χ2n) is 5.41. The van der Waals surface area contributed by atoms with Gasteiger partial charge in [0.05, 0.1) is 16.8 Å². The van der Waals surface area contributed by atoms with E-state index in [0.29, 0.717) is 11.6 Å². The number of hydrogen-bond donors (Lipinski definition) is 1. The molecule has 0 atom stereocenters. The number of nitriles is 1. The van der Waals surface area contributed by atoms with E-state index < -0.39 is 5.97 Å². The van der Waals surface area contributed by atoms with Gasteiger partial charge in [-0.15, -0.1) is 0 Å². The molecule has 0 unspecified atom stereocenters. The molecule has 0 radical (unpaired) electrons. The molecule has 0 spiro atoms. The zero-order valence-corrected chi connectivity index (χ0v) is 11.8. The highest BCUT2D eigenvalue weighted by atomic mass is 16.4. The first-order valence-electron chi connectivity index (χ1n) is 7.13. The van der Waals surface area contributed by atoms with Crippen molar-refractivity contribution in [3.05, 3.63) is 29.3 Å². The van der Waals surface area contributed by atoms with Crippen LogP contribution in [0.4, 0.5) is 5.69 Å². The Kier molecular flexibility index (Phi) is 4.62. The summed E-state index contributed by atoms with van der Waals surface area (Å²) in [5.74, 6) is -0.995. The van der Waals surface area contributed by atoms with Gasteiger partial charge in [-0.25, -0.2) is 4.79 Å². The standard InChI is InChI=1S/C16H20N2O2/c1-18(14-6-4-2-3-5-7-14)15-9-8-12(16(19)20)10-13(15)11-17/h8-10,14H,2-7H2,1H3,(H,19,20). The SMILES string of the molecule is CN(c1ccc(C(=O)O)cc1C#N)C1CCCCCC1. The molecule has 1 aromatic rings. The maximum absolute atomic E-state index is 11.0. The van der Waals surface area contributed by atoms with Crippen molar-refractivity contribution in [2.24, 2.45) is 0 Å². The third-order valence-electron chi connectivity index (χ3n) is 4.12. The minimum atomic E-state index is -0.995. The third-order valence-corrected chi connectivity index (χ3v) is 4.12. The first kappa shape index (κ1) is 14.4. The summed E-state index contributed by atoms with van der Waals surface area (Å²) in [6, 6.07) is 7.36. The third kappa shape index (κ3) is 3.11. The summed E-state index contributed by atoms with van der Waals surface area (Å²) in [7, 11) is 2.01. The molecular formula is C16H20N2O2. The summed E-state index contributed by atoms with van der Waals surface area (Å²) in [6.07, 6.45) is 7.30. The monoisotopic (exact) mass is 272 g/mol. The average molecular weight is 272 g/mol. The molecule has 2 rings (SSSR count). The van der Waals surface area contributed by atoms with Crippen LogP contribution in [0.3, 0.4) is 0 Å². The molecule has 0 heterocycles. The van der Waals surface area contributed by atoms with Gasteiger partial charge in [0.25, 0.3) is 0 Å². The summed E-state index contributed by atoms with van der Waals surface area (Å²) < 4.78 is 0. The van der Waals surface area contributed by atoms with Gasteiger partial charge in [-0.2, -0.15) is 5.26 Å². The van der Waals surface area contributed by atoms with Crippen molar-refractivity contribution in [1.82, 2.24) is 0 Å². The fourth-order valence-electron chi connectivity index (χ4n) is 2.91. The number of benzene rings is 1. The molecule has 1 saturated carbocycles. The van der Waals surface area contributed by atoms with E-state index >= 15 is 0 Å². The molecule has 1 aromatic carbocycles. The normalized spacial score (nSPS) is 16.2. The lowest BCUT2D eigenvalue weighted by Crippen LogP contribution is -2.31. The molecule has 0 aromatic heterocycles.